The third kappa shape index (κ3) is 3.99. The van der Waals surface area contributed by atoms with Crippen molar-refractivity contribution in [2.24, 2.45) is 10.1 Å². The fraction of sp³-hybridized carbons (Fsp3) is 0.286. The van der Waals surface area contributed by atoms with Crippen molar-refractivity contribution in [1.82, 2.24) is 5.43 Å². The molecule has 5 nitrogen and oxygen atoms in total. The van der Waals surface area contributed by atoms with E-state index in [9.17, 15) is 4.79 Å². The highest BCUT2D eigenvalue weighted by Gasteiger charge is 2.25. The van der Waals surface area contributed by atoms with E-state index in [4.69, 9.17) is 0 Å². The lowest BCUT2D eigenvalue weighted by Crippen LogP contribution is -2.24. The first-order valence-electron chi connectivity index (χ1n) is 9.10. The fourth-order valence-corrected chi connectivity index (χ4v) is 2.91. The SMILES string of the molecule is CCCCN(CC)c1ccc(N=C2C(=O)NN=C2c2ccccc2)cc1. The summed E-state index contributed by atoms with van der Waals surface area (Å²) in [6.45, 7) is 6.38. The van der Waals surface area contributed by atoms with Crippen LogP contribution in [0.15, 0.2) is 64.7 Å². The summed E-state index contributed by atoms with van der Waals surface area (Å²) in [5.74, 6) is -0.272. The molecule has 1 heterocycles. The molecule has 3 rings (SSSR count). The number of aliphatic imine (C=N–C) groups is 1. The lowest BCUT2D eigenvalue weighted by atomic mass is 10.1. The normalized spacial score (nSPS) is 15.1. The van der Waals surface area contributed by atoms with Gasteiger partial charge < -0.3 is 4.90 Å². The molecule has 0 aliphatic carbocycles. The van der Waals surface area contributed by atoms with Gasteiger partial charge in [-0.25, -0.2) is 10.4 Å². The molecule has 2 aromatic carbocycles. The molecule has 0 unspecified atom stereocenters. The van der Waals surface area contributed by atoms with Crippen molar-refractivity contribution in [2.45, 2.75) is 26.7 Å². The Morgan fingerprint density at radius 2 is 1.77 bits per heavy atom. The van der Waals surface area contributed by atoms with Crippen LogP contribution < -0.4 is 10.3 Å². The summed E-state index contributed by atoms with van der Waals surface area (Å²) in [5.41, 5.74) is 6.24. The smallest absolute Gasteiger partial charge is 0.292 e. The van der Waals surface area contributed by atoms with Crippen molar-refractivity contribution >= 4 is 28.7 Å². The van der Waals surface area contributed by atoms with Crippen LogP contribution in [0.2, 0.25) is 0 Å². The molecule has 0 aromatic heterocycles. The minimum Gasteiger partial charge on any atom is -0.372 e. The highest BCUT2D eigenvalue weighted by molar-refractivity contribution is 6.72. The first-order chi connectivity index (χ1) is 12.7. The molecule has 1 N–H and O–H groups in total. The van der Waals surface area contributed by atoms with Gasteiger partial charge in [-0.15, -0.1) is 0 Å². The number of carbonyl (C=O) groups is 1. The molecule has 0 bridgehead atoms. The average molecular weight is 348 g/mol. The van der Waals surface area contributed by atoms with Crippen molar-refractivity contribution in [2.75, 3.05) is 18.0 Å². The van der Waals surface area contributed by atoms with Gasteiger partial charge in [-0.1, -0.05) is 43.7 Å². The number of anilines is 1. The van der Waals surface area contributed by atoms with E-state index >= 15 is 0 Å². The number of hydrogen-bond donors (Lipinski definition) is 1. The molecule has 0 atom stereocenters. The Labute approximate surface area is 154 Å². The van der Waals surface area contributed by atoms with Crippen LogP contribution in [0.25, 0.3) is 0 Å². The third-order valence-corrected chi connectivity index (χ3v) is 4.37. The molecule has 1 aliphatic heterocycles. The molecule has 5 heteroatoms. The van der Waals surface area contributed by atoms with Crippen LogP contribution in [0.5, 0.6) is 0 Å². The quantitative estimate of drug-likeness (QED) is 0.824. The van der Waals surface area contributed by atoms with E-state index < -0.39 is 0 Å². The molecule has 0 saturated heterocycles. The molecular formula is C21H24N4O. The van der Waals surface area contributed by atoms with Crippen LogP contribution in [0, 0.1) is 0 Å². The Hall–Kier alpha value is -2.95. The predicted molar refractivity (Wildman–Crippen MR) is 107 cm³/mol. The van der Waals surface area contributed by atoms with Crippen molar-refractivity contribution in [1.29, 1.82) is 0 Å². The second kappa shape index (κ2) is 8.43. The number of unbranched alkanes of at least 4 members (excludes halogenated alkanes) is 1. The van der Waals surface area contributed by atoms with Gasteiger partial charge in [0.2, 0.25) is 0 Å². The van der Waals surface area contributed by atoms with Crippen LogP contribution in [-0.4, -0.2) is 30.4 Å². The van der Waals surface area contributed by atoms with E-state index in [0.717, 1.165) is 24.3 Å². The van der Waals surface area contributed by atoms with E-state index in [1.54, 1.807) is 0 Å². The molecule has 134 valence electrons. The standard InChI is InChI=1S/C21H24N4O/c1-3-5-15-25(4-2)18-13-11-17(12-14-18)22-20-19(23-24-21(20)26)16-9-7-6-8-10-16/h6-14H,3-5,15H2,1-2H3,(H,22,24,26). The second-order valence-corrected chi connectivity index (χ2v) is 6.18. The predicted octanol–water partition coefficient (Wildman–Crippen LogP) is 3.92. The molecule has 0 fully saturated rings. The minimum absolute atomic E-state index is 0.272. The second-order valence-electron chi connectivity index (χ2n) is 6.18. The van der Waals surface area contributed by atoms with Crippen LogP contribution >= 0.6 is 0 Å². The van der Waals surface area contributed by atoms with E-state index in [2.05, 4.69) is 46.4 Å². The first kappa shape index (κ1) is 17.9. The summed E-state index contributed by atoms with van der Waals surface area (Å²) in [5, 5.41) is 4.14. The summed E-state index contributed by atoms with van der Waals surface area (Å²) in [7, 11) is 0. The number of amides is 1. The zero-order valence-electron chi connectivity index (χ0n) is 15.3. The van der Waals surface area contributed by atoms with Crippen molar-refractivity contribution in [3.05, 3.63) is 60.2 Å². The maximum absolute atomic E-state index is 12.1. The van der Waals surface area contributed by atoms with Crippen LogP contribution in [0.4, 0.5) is 11.4 Å². The number of benzene rings is 2. The minimum atomic E-state index is -0.272. The fourth-order valence-electron chi connectivity index (χ4n) is 2.91. The van der Waals surface area contributed by atoms with Gasteiger partial charge >= 0.3 is 0 Å². The number of carbonyl (C=O) groups excluding carboxylic acids is 1. The monoisotopic (exact) mass is 348 g/mol. The lowest BCUT2D eigenvalue weighted by Gasteiger charge is -2.22. The molecule has 1 amide bonds. The molecular weight excluding hydrogens is 324 g/mol. The van der Waals surface area contributed by atoms with Crippen LogP contribution in [-0.2, 0) is 4.79 Å². The molecule has 0 radical (unpaired) electrons. The zero-order valence-corrected chi connectivity index (χ0v) is 15.3. The topological polar surface area (TPSA) is 57.1 Å². The highest BCUT2D eigenvalue weighted by Crippen LogP contribution is 2.21. The zero-order chi connectivity index (χ0) is 18.4. The lowest BCUT2D eigenvalue weighted by molar-refractivity contribution is -0.114. The van der Waals surface area contributed by atoms with E-state index in [0.29, 0.717) is 11.4 Å². The summed E-state index contributed by atoms with van der Waals surface area (Å²) in [6, 6.07) is 17.6. The maximum atomic E-state index is 12.1. The average Bonchev–Trinajstić information content (AvgIpc) is 3.05. The number of nitrogens with zero attached hydrogens (tertiary/aromatic N) is 3. The van der Waals surface area contributed by atoms with Crippen molar-refractivity contribution in [3.8, 4) is 0 Å². The van der Waals surface area contributed by atoms with Gasteiger partial charge in [0.1, 0.15) is 5.71 Å². The molecule has 0 spiro atoms. The third-order valence-electron chi connectivity index (χ3n) is 4.37. The summed E-state index contributed by atoms with van der Waals surface area (Å²) >= 11 is 0. The first-order valence-corrected chi connectivity index (χ1v) is 9.10. The molecule has 26 heavy (non-hydrogen) atoms. The number of rotatable bonds is 7. The number of nitrogens with one attached hydrogen (secondary N) is 1. The Morgan fingerprint density at radius 1 is 1.04 bits per heavy atom. The van der Waals surface area contributed by atoms with E-state index in [1.165, 1.54) is 18.5 Å². The summed E-state index contributed by atoms with van der Waals surface area (Å²) in [4.78, 5) is 19.0. The van der Waals surface area contributed by atoms with Gasteiger partial charge in [-0.05, 0) is 37.6 Å². The Morgan fingerprint density at radius 3 is 2.42 bits per heavy atom. The van der Waals surface area contributed by atoms with Crippen molar-refractivity contribution < 1.29 is 4.79 Å². The van der Waals surface area contributed by atoms with Gasteiger partial charge in [0.25, 0.3) is 5.91 Å². The number of hydrogen-bond acceptors (Lipinski definition) is 4. The van der Waals surface area contributed by atoms with E-state index in [1.807, 2.05) is 42.5 Å². The van der Waals surface area contributed by atoms with Crippen LogP contribution in [0.1, 0.15) is 32.3 Å². The Balaban J connectivity index is 1.82. The van der Waals surface area contributed by atoms with Gasteiger partial charge in [0.15, 0.2) is 5.71 Å². The summed E-state index contributed by atoms with van der Waals surface area (Å²) in [6.07, 6.45) is 2.36. The van der Waals surface area contributed by atoms with E-state index in [-0.39, 0.29) is 5.91 Å². The van der Waals surface area contributed by atoms with Gasteiger partial charge in [-0.2, -0.15) is 5.10 Å². The maximum Gasteiger partial charge on any atom is 0.292 e. The van der Waals surface area contributed by atoms with Gasteiger partial charge in [0.05, 0.1) is 5.69 Å². The van der Waals surface area contributed by atoms with Gasteiger partial charge in [-0.3, -0.25) is 4.79 Å². The number of hydrazone groups is 1. The van der Waals surface area contributed by atoms with Crippen LogP contribution in [0.3, 0.4) is 0 Å². The molecule has 2 aromatic rings. The highest BCUT2D eigenvalue weighted by atomic mass is 16.2. The van der Waals surface area contributed by atoms with Crippen molar-refractivity contribution in [3.63, 3.8) is 0 Å². The Bertz CT molecular complexity index is 810. The Kier molecular flexibility index (Phi) is 5.79. The molecule has 0 saturated carbocycles. The molecule has 1 aliphatic rings. The largest absolute Gasteiger partial charge is 0.372 e. The summed E-state index contributed by atoms with van der Waals surface area (Å²) < 4.78 is 0. The van der Waals surface area contributed by atoms with Gasteiger partial charge in [0, 0.05) is 24.3 Å².